The van der Waals surface area contributed by atoms with E-state index in [1.807, 2.05) is 4.90 Å². The first-order valence-corrected chi connectivity index (χ1v) is 5.95. The predicted octanol–water partition coefficient (Wildman–Crippen LogP) is 1.09. The summed E-state index contributed by atoms with van der Waals surface area (Å²) in [6.45, 7) is 2.20. The summed E-state index contributed by atoms with van der Waals surface area (Å²) < 4.78 is 31.9. The maximum atomic E-state index is 13.4. The molecule has 0 aromatic rings. The minimum absolute atomic E-state index is 0.0508. The van der Waals surface area contributed by atoms with Crippen molar-refractivity contribution in [2.75, 3.05) is 33.4 Å². The lowest BCUT2D eigenvalue weighted by molar-refractivity contribution is 0.00587. The summed E-state index contributed by atoms with van der Waals surface area (Å²) in [4.78, 5) is 1.96. The van der Waals surface area contributed by atoms with Gasteiger partial charge >= 0.3 is 0 Å². The maximum Gasteiger partial charge on any atom is 0.262 e. The molecule has 0 aliphatic carbocycles. The van der Waals surface area contributed by atoms with Crippen LogP contribution in [0.25, 0.3) is 0 Å². The highest BCUT2D eigenvalue weighted by atomic mass is 19.3. The minimum atomic E-state index is -2.53. The first kappa shape index (κ1) is 12.2. The molecule has 0 saturated carbocycles. The van der Waals surface area contributed by atoms with Crippen LogP contribution in [0, 0.1) is 0 Å². The van der Waals surface area contributed by atoms with Gasteiger partial charge in [0.15, 0.2) is 0 Å². The van der Waals surface area contributed by atoms with E-state index in [9.17, 15) is 8.78 Å². The average molecular weight is 234 g/mol. The van der Waals surface area contributed by atoms with E-state index in [2.05, 4.69) is 5.32 Å². The molecule has 5 heteroatoms. The van der Waals surface area contributed by atoms with Crippen molar-refractivity contribution in [2.24, 2.45) is 0 Å². The molecule has 94 valence electrons. The molecule has 0 spiro atoms. The van der Waals surface area contributed by atoms with Gasteiger partial charge < -0.3 is 10.1 Å². The Hall–Kier alpha value is -0.260. The Bertz CT molecular complexity index is 232. The van der Waals surface area contributed by atoms with Crippen molar-refractivity contribution >= 4 is 0 Å². The molecule has 1 N–H and O–H groups in total. The molecule has 1 atom stereocenters. The lowest BCUT2D eigenvalue weighted by Gasteiger charge is -2.35. The van der Waals surface area contributed by atoms with Crippen molar-refractivity contribution in [1.82, 2.24) is 10.2 Å². The fraction of sp³-hybridized carbons (Fsp3) is 1.00. The molecule has 0 unspecified atom stereocenters. The van der Waals surface area contributed by atoms with E-state index in [0.717, 1.165) is 25.9 Å². The van der Waals surface area contributed by atoms with E-state index >= 15 is 0 Å². The number of halogens is 2. The van der Waals surface area contributed by atoms with Crippen molar-refractivity contribution < 1.29 is 13.5 Å². The van der Waals surface area contributed by atoms with E-state index in [0.29, 0.717) is 12.6 Å². The third kappa shape index (κ3) is 2.70. The number of nitrogens with zero attached hydrogens (tertiary/aromatic N) is 1. The van der Waals surface area contributed by atoms with E-state index < -0.39 is 5.92 Å². The highest BCUT2D eigenvalue weighted by Crippen LogP contribution is 2.35. The fourth-order valence-corrected chi connectivity index (χ4v) is 2.84. The van der Waals surface area contributed by atoms with Gasteiger partial charge in [0, 0.05) is 25.6 Å². The molecule has 0 bridgehead atoms. The number of hydrogen-bond acceptors (Lipinski definition) is 3. The molecule has 2 saturated heterocycles. The van der Waals surface area contributed by atoms with Gasteiger partial charge in [-0.05, 0) is 25.9 Å². The van der Waals surface area contributed by atoms with Crippen LogP contribution in [-0.4, -0.2) is 56.3 Å². The standard InChI is InChI=1S/C11H20F2N2O/c1-16-7-10-6-11(12,13)8-15(10)9-2-4-14-5-3-9/h9-10,14H,2-8H2,1H3/t10-/m0/s1. The lowest BCUT2D eigenvalue weighted by atomic mass is 10.0. The second-order valence-electron chi connectivity index (χ2n) is 4.82. The summed E-state index contributed by atoms with van der Waals surface area (Å²) in [7, 11) is 1.58. The van der Waals surface area contributed by atoms with Crippen LogP contribution < -0.4 is 5.32 Å². The quantitative estimate of drug-likeness (QED) is 0.791. The van der Waals surface area contributed by atoms with Gasteiger partial charge in [-0.1, -0.05) is 0 Å². The number of alkyl halides is 2. The monoisotopic (exact) mass is 234 g/mol. The molecule has 2 fully saturated rings. The third-order valence-corrected chi connectivity index (χ3v) is 3.55. The molecule has 0 aromatic carbocycles. The fourth-order valence-electron chi connectivity index (χ4n) is 2.84. The Balaban J connectivity index is 1.99. The topological polar surface area (TPSA) is 24.5 Å². The van der Waals surface area contributed by atoms with Gasteiger partial charge in [0.25, 0.3) is 5.92 Å². The molecular weight excluding hydrogens is 214 g/mol. The highest BCUT2D eigenvalue weighted by Gasteiger charge is 2.47. The molecule has 0 radical (unpaired) electrons. The Kier molecular flexibility index (Phi) is 3.77. The molecule has 2 aliphatic rings. The van der Waals surface area contributed by atoms with Crippen molar-refractivity contribution in [3.63, 3.8) is 0 Å². The molecule has 0 amide bonds. The van der Waals surface area contributed by atoms with E-state index in [1.165, 1.54) is 0 Å². The van der Waals surface area contributed by atoms with Crippen molar-refractivity contribution in [3.8, 4) is 0 Å². The molecule has 0 aromatic heterocycles. The first-order valence-electron chi connectivity index (χ1n) is 5.95. The predicted molar refractivity (Wildman–Crippen MR) is 57.8 cm³/mol. The van der Waals surface area contributed by atoms with E-state index in [-0.39, 0.29) is 19.0 Å². The van der Waals surface area contributed by atoms with Crippen LogP contribution in [0.15, 0.2) is 0 Å². The molecular formula is C11H20F2N2O. The second-order valence-corrected chi connectivity index (χ2v) is 4.82. The lowest BCUT2D eigenvalue weighted by Crippen LogP contribution is -2.47. The zero-order valence-electron chi connectivity index (χ0n) is 9.72. The number of piperidine rings is 1. The number of rotatable bonds is 3. The third-order valence-electron chi connectivity index (χ3n) is 3.55. The Morgan fingerprint density at radius 3 is 2.69 bits per heavy atom. The maximum absolute atomic E-state index is 13.4. The zero-order chi connectivity index (χ0) is 11.6. The summed E-state index contributed by atoms with van der Waals surface area (Å²) in [6.07, 6.45) is 1.89. The van der Waals surface area contributed by atoms with Crippen molar-refractivity contribution in [3.05, 3.63) is 0 Å². The molecule has 2 rings (SSSR count). The van der Waals surface area contributed by atoms with Crippen LogP contribution in [0.3, 0.4) is 0 Å². The van der Waals surface area contributed by atoms with Gasteiger partial charge in [0.1, 0.15) is 0 Å². The SMILES string of the molecule is COC[C@@H]1CC(F)(F)CN1C1CCNCC1. The normalized spacial score (nSPS) is 32.1. The number of methoxy groups -OCH3 is 1. The van der Waals surface area contributed by atoms with Gasteiger partial charge in [-0.15, -0.1) is 0 Å². The average Bonchev–Trinajstić information content (AvgIpc) is 2.56. The number of likely N-dealkylation sites (tertiary alicyclic amines) is 1. The number of ether oxygens (including phenoxy) is 1. The van der Waals surface area contributed by atoms with Crippen molar-refractivity contribution in [1.29, 1.82) is 0 Å². The summed E-state index contributed by atoms with van der Waals surface area (Å²) in [5.41, 5.74) is 0. The van der Waals surface area contributed by atoms with Crippen LogP contribution in [0.1, 0.15) is 19.3 Å². The van der Waals surface area contributed by atoms with Gasteiger partial charge in [0.2, 0.25) is 0 Å². The smallest absolute Gasteiger partial charge is 0.262 e. The van der Waals surface area contributed by atoms with Crippen LogP contribution in [0.2, 0.25) is 0 Å². The van der Waals surface area contributed by atoms with Crippen LogP contribution in [-0.2, 0) is 4.74 Å². The molecule has 3 nitrogen and oxygen atoms in total. The van der Waals surface area contributed by atoms with Crippen LogP contribution in [0.4, 0.5) is 8.78 Å². The Labute approximate surface area is 95.1 Å². The van der Waals surface area contributed by atoms with Gasteiger partial charge in [-0.3, -0.25) is 4.90 Å². The van der Waals surface area contributed by atoms with Gasteiger partial charge in [-0.25, -0.2) is 8.78 Å². The summed E-state index contributed by atoms with van der Waals surface area (Å²) in [6, 6.07) is 0.192. The molecule has 16 heavy (non-hydrogen) atoms. The molecule has 2 heterocycles. The highest BCUT2D eigenvalue weighted by molar-refractivity contribution is 4.94. The summed E-state index contributed by atoms with van der Waals surface area (Å²) in [5, 5.41) is 3.26. The Morgan fingerprint density at radius 1 is 1.38 bits per heavy atom. The van der Waals surface area contributed by atoms with Gasteiger partial charge in [0.05, 0.1) is 13.2 Å². The van der Waals surface area contributed by atoms with Gasteiger partial charge in [-0.2, -0.15) is 0 Å². The zero-order valence-corrected chi connectivity index (χ0v) is 9.72. The summed E-state index contributed by atoms with van der Waals surface area (Å²) in [5.74, 6) is -2.53. The number of hydrogen-bond donors (Lipinski definition) is 1. The van der Waals surface area contributed by atoms with E-state index in [4.69, 9.17) is 4.74 Å². The Morgan fingerprint density at radius 2 is 2.06 bits per heavy atom. The minimum Gasteiger partial charge on any atom is -0.383 e. The van der Waals surface area contributed by atoms with Crippen LogP contribution in [0.5, 0.6) is 0 Å². The first-order chi connectivity index (χ1) is 7.62. The van der Waals surface area contributed by atoms with E-state index in [1.54, 1.807) is 7.11 Å². The van der Waals surface area contributed by atoms with Crippen LogP contribution >= 0.6 is 0 Å². The molecule has 2 aliphatic heterocycles. The van der Waals surface area contributed by atoms with Crippen molar-refractivity contribution in [2.45, 2.75) is 37.3 Å². The second kappa shape index (κ2) is 4.94. The summed E-state index contributed by atoms with van der Waals surface area (Å²) >= 11 is 0. The number of nitrogens with one attached hydrogen (secondary N) is 1. The largest absolute Gasteiger partial charge is 0.383 e.